The van der Waals surface area contributed by atoms with E-state index in [1.165, 1.54) is 109 Å². The summed E-state index contributed by atoms with van der Waals surface area (Å²) >= 11 is 0. The smallest absolute Gasteiger partial charge is 0.306 e. The van der Waals surface area contributed by atoms with E-state index in [1.807, 2.05) is 0 Å². The number of carboxylic acid groups (broad SMARTS) is 1. The molecule has 0 amide bonds. The Morgan fingerprint density at radius 3 is 1.35 bits per heavy atom. The maximum absolute atomic E-state index is 12.8. The fourth-order valence-corrected chi connectivity index (χ4v) is 7.20. The summed E-state index contributed by atoms with van der Waals surface area (Å²) < 4.78 is 17.2. The first-order valence-electron chi connectivity index (χ1n) is 26.1. The lowest BCUT2D eigenvalue weighted by Gasteiger charge is -2.34. The summed E-state index contributed by atoms with van der Waals surface area (Å²) in [6.07, 6.45) is 61.8. The summed E-state index contributed by atoms with van der Waals surface area (Å²) in [6.45, 7) is 4.57. The number of carbonyl (C=O) groups excluding carboxylic acids is 3. The summed E-state index contributed by atoms with van der Waals surface area (Å²) in [5.41, 5.74) is 0. The molecule has 0 aliphatic heterocycles. The number of hydrogen-bond acceptors (Lipinski definition) is 7. The molecular formula is C57H97NO7. The van der Waals surface area contributed by atoms with Crippen molar-refractivity contribution in [3.8, 4) is 0 Å². The Morgan fingerprint density at radius 1 is 0.477 bits per heavy atom. The van der Waals surface area contributed by atoms with Gasteiger partial charge in [0, 0.05) is 19.3 Å². The van der Waals surface area contributed by atoms with Crippen LogP contribution in [0.1, 0.15) is 206 Å². The van der Waals surface area contributed by atoms with Crippen LogP contribution in [0, 0.1) is 0 Å². The highest BCUT2D eigenvalue weighted by atomic mass is 16.6. The quantitative estimate of drug-likeness (QED) is 0.0197. The number of rotatable bonds is 46. The van der Waals surface area contributed by atoms with Crippen LogP contribution in [-0.4, -0.2) is 75.5 Å². The third-order valence-corrected chi connectivity index (χ3v) is 11.3. The molecule has 8 nitrogen and oxygen atoms in total. The summed E-state index contributed by atoms with van der Waals surface area (Å²) in [5.74, 6) is -1.80. The Hall–Kier alpha value is -3.49. The van der Waals surface area contributed by atoms with E-state index in [0.717, 1.165) is 57.8 Å². The molecule has 0 saturated heterocycles. The van der Waals surface area contributed by atoms with Gasteiger partial charge in [-0.3, -0.25) is 9.59 Å². The number of aliphatic carboxylic acids is 1. The first-order chi connectivity index (χ1) is 31.6. The molecule has 0 aromatic rings. The molecule has 2 atom stereocenters. The first-order valence-corrected chi connectivity index (χ1v) is 26.1. The SMILES string of the molecule is CCCCC/C=C/C/C=C/C/C=C/C/C=C/C/C=C/CCCCC(=O)OC(COCCC(C(=O)[O-])[N+](C)(C)C)COC(=O)CCCCCCCCCCCC/C=C/C=C/CCCCCC. The van der Waals surface area contributed by atoms with E-state index in [2.05, 4.69) is 98.9 Å². The lowest BCUT2D eigenvalue weighted by atomic mass is 10.1. The van der Waals surface area contributed by atoms with E-state index in [0.29, 0.717) is 12.8 Å². The Morgan fingerprint density at radius 2 is 0.862 bits per heavy atom. The fraction of sp³-hybridized carbons (Fsp3) is 0.702. The molecule has 0 radical (unpaired) electrons. The van der Waals surface area contributed by atoms with E-state index < -0.39 is 18.1 Å². The molecule has 65 heavy (non-hydrogen) atoms. The number of esters is 2. The van der Waals surface area contributed by atoms with Gasteiger partial charge in [0.15, 0.2) is 6.10 Å². The van der Waals surface area contributed by atoms with E-state index in [4.69, 9.17) is 14.2 Å². The number of hydrogen-bond donors (Lipinski definition) is 0. The van der Waals surface area contributed by atoms with Crippen molar-refractivity contribution in [3.63, 3.8) is 0 Å². The zero-order chi connectivity index (χ0) is 47.7. The average Bonchev–Trinajstić information content (AvgIpc) is 3.27. The number of carbonyl (C=O) groups is 3. The monoisotopic (exact) mass is 908 g/mol. The second-order valence-electron chi connectivity index (χ2n) is 18.4. The Bertz CT molecular complexity index is 1330. The van der Waals surface area contributed by atoms with Gasteiger partial charge in [0.1, 0.15) is 12.6 Å². The van der Waals surface area contributed by atoms with Crippen molar-refractivity contribution in [3.05, 3.63) is 85.1 Å². The Kier molecular flexibility index (Phi) is 44.5. The molecule has 0 fully saturated rings. The van der Waals surface area contributed by atoms with Crippen molar-refractivity contribution in [2.45, 2.75) is 219 Å². The molecule has 0 aliphatic carbocycles. The average molecular weight is 908 g/mol. The normalized spacial score (nSPS) is 13.6. The molecule has 0 bridgehead atoms. The lowest BCUT2D eigenvalue weighted by Crippen LogP contribution is -2.55. The zero-order valence-electron chi connectivity index (χ0n) is 42.4. The second kappa shape index (κ2) is 47.0. The Labute approximate surface area is 399 Å². The molecule has 372 valence electrons. The predicted octanol–water partition coefficient (Wildman–Crippen LogP) is 13.9. The number of carboxylic acids is 1. The van der Waals surface area contributed by atoms with Gasteiger partial charge in [-0.2, -0.15) is 0 Å². The van der Waals surface area contributed by atoms with Gasteiger partial charge in [-0.05, 0) is 89.9 Å². The lowest BCUT2D eigenvalue weighted by molar-refractivity contribution is -0.889. The fourth-order valence-electron chi connectivity index (χ4n) is 7.20. The molecule has 2 unspecified atom stereocenters. The summed E-state index contributed by atoms with van der Waals surface area (Å²) in [7, 11) is 5.39. The highest BCUT2D eigenvalue weighted by molar-refractivity contribution is 5.70. The highest BCUT2D eigenvalue weighted by Gasteiger charge is 2.25. The van der Waals surface area contributed by atoms with E-state index >= 15 is 0 Å². The molecule has 0 spiro atoms. The zero-order valence-corrected chi connectivity index (χ0v) is 42.4. The van der Waals surface area contributed by atoms with Crippen LogP contribution in [0.5, 0.6) is 0 Å². The maximum atomic E-state index is 12.8. The number of nitrogens with zero attached hydrogens (tertiary/aromatic N) is 1. The minimum atomic E-state index is -1.13. The van der Waals surface area contributed by atoms with Crippen LogP contribution in [0.3, 0.4) is 0 Å². The van der Waals surface area contributed by atoms with Crippen LogP contribution in [0.25, 0.3) is 0 Å². The molecule has 0 aliphatic rings. The summed E-state index contributed by atoms with van der Waals surface area (Å²) in [6, 6.07) is -0.739. The van der Waals surface area contributed by atoms with E-state index in [1.54, 1.807) is 21.1 Å². The van der Waals surface area contributed by atoms with Gasteiger partial charge < -0.3 is 28.6 Å². The summed E-state index contributed by atoms with van der Waals surface area (Å²) in [5, 5.41) is 11.7. The minimum absolute atomic E-state index is 0.0180. The van der Waals surface area contributed by atoms with E-state index in [9.17, 15) is 19.5 Å². The number of unbranched alkanes of at least 4 members (excludes halogenated alkanes) is 19. The number of quaternary nitrogens is 1. The van der Waals surface area contributed by atoms with Crippen molar-refractivity contribution in [1.82, 2.24) is 0 Å². The van der Waals surface area contributed by atoms with Crippen molar-refractivity contribution in [2.24, 2.45) is 0 Å². The summed E-state index contributed by atoms with van der Waals surface area (Å²) in [4.78, 5) is 37.0. The molecular weight excluding hydrogens is 811 g/mol. The van der Waals surface area contributed by atoms with Gasteiger partial charge in [0.2, 0.25) is 0 Å². The third kappa shape index (κ3) is 45.5. The van der Waals surface area contributed by atoms with Gasteiger partial charge in [-0.25, -0.2) is 0 Å². The maximum Gasteiger partial charge on any atom is 0.306 e. The van der Waals surface area contributed by atoms with Crippen LogP contribution in [0.2, 0.25) is 0 Å². The van der Waals surface area contributed by atoms with Gasteiger partial charge >= 0.3 is 11.9 Å². The van der Waals surface area contributed by atoms with Crippen LogP contribution in [0.4, 0.5) is 0 Å². The molecule has 0 heterocycles. The van der Waals surface area contributed by atoms with Crippen LogP contribution < -0.4 is 5.11 Å². The highest BCUT2D eigenvalue weighted by Crippen LogP contribution is 2.14. The van der Waals surface area contributed by atoms with Crippen molar-refractivity contribution in [1.29, 1.82) is 0 Å². The standard InChI is InChI=1S/C57H97NO7/c1-6-8-10-12-14-16-18-20-22-24-26-28-30-32-34-36-38-40-42-44-46-48-56(60)65-53(51-63-50-49-54(57(61)62)58(3,4)5)52-64-55(59)47-45-43-41-39-37-35-33-31-29-27-25-23-21-19-17-15-13-11-9-7-2/h14,16-17,19-23,26,28,32,34,38,40,53-54H,6-13,15,18,24-25,27,29-31,33,35-37,39,41-52H2,1-5H3/b16-14+,19-17+,22-20+,23-21+,28-26+,34-32+,40-38+. The number of allylic oxidation sites excluding steroid dienone is 14. The van der Waals surface area contributed by atoms with Gasteiger partial charge in [0.25, 0.3) is 0 Å². The van der Waals surface area contributed by atoms with Gasteiger partial charge in [0.05, 0.1) is 40.3 Å². The molecule has 0 N–H and O–H groups in total. The van der Waals surface area contributed by atoms with Crippen molar-refractivity contribution in [2.75, 3.05) is 41.0 Å². The molecule has 0 aromatic heterocycles. The van der Waals surface area contributed by atoms with Crippen molar-refractivity contribution < 1.29 is 38.2 Å². The van der Waals surface area contributed by atoms with Gasteiger partial charge in [-0.1, -0.05) is 182 Å². The molecule has 0 saturated carbocycles. The molecule has 0 aromatic carbocycles. The number of likely N-dealkylation sites (N-methyl/N-ethyl adjacent to an activating group) is 1. The number of ether oxygens (including phenoxy) is 3. The minimum Gasteiger partial charge on any atom is -0.544 e. The molecule has 8 heteroatoms. The van der Waals surface area contributed by atoms with Crippen molar-refractivity contribution >= 4 is 17.9 Å². The first kappa shape index (κ1) is 61.5. The van der Waals surface area contributed by atoms with Crippen LogP contribution in [-0.2, 0) is 28.6 Å². The Balaban J connectivity index is 4.35. The predicted molar refractivity (Wildman–Crippen MR) is 272 cm³/mol. The van der Waals surface area contributed by atoms with Crippen LogP contribution in [0.15, 0.2) is 85.1 Å². The topological polar surface area (TPSA) is 102 Å². The largest absolute Gasteiger partial charge is 0.544 e. The second-order valence-corrected chi connectivity index (χ2v) is 18.4. The third-order valence-electron chi connectivity index (χ3n) is 11.3. The van der Waals surface area contributed by atoms with Crippen LogP contribution >= 0.6 is 0 Å². The van der Waals surface area contributed by atoms with Gasteiger partial charge in [-0.15, -0.1) is 0 Å². The van der Waals surface area contributed by atoms with E-state index in [-0.39, 0.29) is 49.1 Å². The molecule has 0 rings (SSSR count).